The number of hydrogen-bond acceptors (Lipinski definition) is 5. The molecular formula is C26H20F3IN4O6. The van der Waals surface area contributed by atoms with Crippen molar-refractivity contribution < 1.29 is 42.9 Å². The number of imidazole rings is 1. The second-order valence-electron chi connectivity index (χ2n) is 8.68. The molecule has 0 radical (unpaired) electrons. The summed E-state index contributed by atoms with van der Waals surface area (Å²) in [6.45, 7) is 0.215. The minimum atomic E-state index is -5.08. The second kappa shape index (κ2) is 10.8. The van der Waals surface area contributed by atoms with Gasteiger partial charge in [-0.1, -0.05) is 36.4 Å². The van der Waals surface area contributed by atoms with Crippen molar-refractivity contribution in [3.05, 3.63) is 92.6 Å². The number of H-pyrrole nitrogens is 1. The first-order valence-corrected chi connectivity index (χ1v) is 12.5. The Morgan fingerprint density at radius 1 is 1.07 bits per heavy atom. The quantitative estimate of drug-likeness (QED) is 0.229. The van der Waals surface area contributed by atoms with Gasteiger partial charge in [-0.05, 0) is 58.5 Å². The maximum Gasteiger partial charge on any atom is 0.490 e. The first-order valence-electron chi connectivity index (χ1n) is 11.4. The van der Waals surface area contributed by atoms with Crippen LogP contribution in [0.5, 0.6) is 0 Å². The summed E-state index contributed by atoms with van der Waals surface area (Å²) in [6.07, 6.45) is -6.23. The number of halogens is 4. The zero-order valence-corrected chi connectivity index (χ0v) is 22.6. The van der Waals surface area contributed by atoms with E-state index < -0.39 is 24.0 Å². The Morgan fingerprint density at radius 3 is 2.38 bits per heavy atom. The van der Waals surface area contributed by atoms with E-state index >= 15 is 0 Å². The van der Waals surface area contributed by atoms with Crippen molar-refractivity contribution in [3.63, 3.8) is 0 Å². The molecule has 0 saturated heterocycles. The SMILES string of the molecule is CN(C(=O)O)c1nc2cc(C3(O)c4ccccc4C(=O)N3Cc3cccc(I)c3)ccc2[nH]1.O=C(O)C(F)(F)F. The van der Waals surface area contributed by atoms with Crippen molar-refractivity contribution in [2.45, 2.75) is 18.4 Å². The molecule has 0 fully saturated rings. The molecular weight excluding hydrogens is 648 g/mol. The van der Waals surface area contributed by atoms with Gasteiger partial charge >= 0.3 is 18.2 Å². The molecule has 1 atom stereocenters. The molecule has 0 saturated carbocycles. The fourth-order valence-corrected chi connectivity index (χ4v) is 4.79. The summed E-state index contributed by atoms with van der Waals surface area (Å²) in [6, 6.07) is 19.9. The van der Waals surface area contributed by atoms with Crippen LogP contribution in [0.15, 0.2) is 66.7 Å². The summed E-state index contributed by atoms with van der Waals surface area (Å²) in [5.41, 5.74) is 1.70. The number of amides is 2. The Balaban J connectivity index is 0.000000470. The van der Waals surface area contributed by atoms with Gasteiger partial charge in [0.05, 0.1) is 11.0 Å². The molecule has 0 bridgehead atoms. The number of carbonyl (C=O) groups excluding carboxylic acids is 1. The van der Waals surface area contributed by atoms with E-state index in [0.717, 1.165) is 14.0 Å². The van der Waals surface area contributed by atoms with Crippen molar-refractivity contribution in [3.8, 4) is 0 Å². The molecule has 4 N–H and O–H groups in total. The highest BCUT2D eigenvalue weighted by atomic mass is 127. The molecule has 1 aliphatic heterocycles. The lowest BCUT2D eigenvalue weighted by Crippen LogP contribution is -2.44. The van der Waals surface area contributed by atoms with Crippen LogP contribution >= 0.6 is 22.6 Å². The first-order chi connectivity index (χ1) is 18.7. The lowest BCUT2D eigenvalue weighted by molar-refractivity contribution is -0.192. The minimum Gasteiger partial charge on any atom is -0.475 e. The summed E-state index contributed by atoms with van der Waals surface area (Å²) in [7, 11) is 1.39. The molecule has 3 aromatic carbocycles. The lowest BCUT2D eigenvalue weighted by Gasteiger charge is -2.35. The van der Waals surface area contributed by atoms with Crippen molar-refractivity contribution in [2.24, 2.45) is 0 Å². The highest BCUT2D eigenvalue weighted by Crippen LogP contribution is 2.43. The van der Waals surface area contributed by atoms with Gasteiger partial charge in [-0.25, -0.2) is 14.6 Å². The van der Waals surface area contributed by atoms with Gasteiger partial charge in [-0.15, -0.1) is 0 Å². The Kier molecular flexibility index (Phi) is 7.76. The summed E-state index contributed by atoms with van der Waals surface area (Å²) < 4.78 is 32.8. The summed E-state index contributed by atoms with van der Waals surface area (Å²) in [5.74, 6) is -2.85. The van der Waals surface area contributed by atoms with Gasteiger partial charge in [0, 0.05) is 33.9 Å². The largest absolute Gasteiger partial charge is 0.490 e. The zero-order chi connectivity index (χ0) is 29.4. The van der Waals surface area contributed by atoms with E-state index in [1.165, 1.54) is 11.9 Å². The molecule has 1 aromatic heterocycles. The van der Waals surface area contributed by atoms with Crippen LogP contribution in [0.3, 0.4) is 0 Å². The number of aliphatic hydroxyl groups is 1. The number of aliphatic carboxylic acids is 1. The van der Waals surface area contributed by atoms with Gasteiger partial charge in [0.15, 0.2) is 5.72 Å². The number of rotatable bonds is 4. The van der Waals surface area contributed by atoms with Crippen LogP contribution in [-0.4, -0.2) is 61.4 Å². The van der Waals surface area contributed by atoms with Gasteiger partial charge in [-0.3, -0.25) is 14.6 Å². The average Bonchev–Trinajstić information content (AvgIpc) is 3.42. The molecule has 10 nitrogen and oxygen atoms in total. The van der Waals surface area contributed by atoms with Gasteiger partial charge in [0.2, 0.25) is 5.95 Å². The third-order valence-corrected chi connectivity index (χ3v) is 6.79. The van der Waals surface area contributed by atoms with Gasteiger partial charge in [0.25, 0.3) is 5.91 Å². The smallest absolute Gasteiger partial charge is 0.475 e. The van der Waals surface area contributed by atoms with Crippen LogP contribution in [0.25, 0.3) is 11.0 Å². The maximum absolute atomic E-state index is 13.4. The molecule has 1 aliphatic rings. The van der Waals surface area contributed by atoms with Crippen LogP contribution in [-0.2, 0) is 17.1 Å². The number of carbonyl (C=O) groups is 3. The number of benzene rings is 3. The number of alkyl halides is 3. The highest BCUT2D eigenvalue weighted by molar-refractivity contribution is 14.1. The summed E-state index contributed by atoms with van der Waals surface area (Å²) in [4.78, 5) is 43.3. The number of carboxylic acids is 1. The highest BCUT2D eigenvalue weighted by Gasteiger charge is 2.49. The fraction of sp³-hybridized carbons (Fsp3) is 0.154. The van der Waals surface area contributed by atoms with Gasteiger partial charge < -0.3 is 20.3 Å². The Bertz CT molecular complexity index is 1630. The number of aromatic amines is 1. The molecule has 5 rings (SSSR count). The Hall–Kier alpha value is -4.18. The average molecular weight is 668 g/mol. The topological polar surface area (TPSA) is 147 Å². The predicted molar refractivity (Wildman–Crippen MR) is 145 cm³/mol. The number of nitrogens with zero attached hydrogens (tertiary/aromatic N) is 3. The van der Waals surface area contributed by atoms with Gasteiger partial charge in [-0.2, -0.15) is 13.2 Å². The van der Waals surface area contributed by atoms with Crippen molar-refractivity contribution in [1.29, 1.82) is 0 Å². The molecule has 1 unspecified atom stereocenters. The number of carboxylic acid groups (broad SMARTS) is 2. The molecule has 208 valence electrons. The van der Waals surface area contributed by atoms with Crippen LogP contribution in [0.1, 0.15) is 27.0 Å². The molecule has 0 aliphatic carbocycles. The normalized spacial score (nSPS) is 16.4. The van der Waals surface area contributed by atoms with Crippen molar-refractivity contribution in [2.75, 3.05) is 11.9 Å². The fourth-order valence-electron chi connectivity index (χ4n) is 4.19. The monoisotopic (exact) mass is 668 g/mol. The molecule has 40 heavy (non-hydrogen) atoms. The summed E-state index contributed by atoms with van der Waals surface area (Å²) in [5, 5.41) is 28.5. The molecule has 2 heterocycles. The van der Waals surface area contributed by atoms with E-state index in [0.29, 0.717) is 27.7 Å². The van der Waals surface area contributed by atoms with Gasteiger partial charge in [0.1, 0.15) is 0 Å². The second-order valence-corrected chi connectivity index (χ2v) is 9.92. The van der Waals surface area contributed by atoms with E-state index in [4.69, 9.17) is 9.90 Å². The number of fused-ring (bicyclic) bond motifs is 2. The Morgan fingerprint density at radius 2 is 1.75 bits per heavy atom. The van der Waals surface area contributed by atoms with Crippen molar-refractivity contribution in [1.82, 2.24) is 14.9 Å². The Labute approximate surface area is 237 Å². The third kappa shape index (κ3) is 5.44. The van der Waals surface area contributed by atoms with E-state index in [1.54, 1.807) is 42.5 Å². The van der Waals surface area contributed by atoms with Crippen LogP contribution in [0, 0.1) is 3.57 Å². The van der Waals surface area contributed by atoms with E-state index in [1.807, 2.05) is 24.3 Å². The number of aromatic nitrogens is 2. The molecule has 14 heteroatoms. The molecule has 0 spiro atoms. The number of hydrogen-bond donors (Lipinski definition) is 4. The first kappa shape index (κ1) is 28.8. The lowest BCUT2D eigenvalue weighted by atomic mass is 9.93. The van der Waals surface area contributed by atoms with E-state index in [9.17, 15) is 33.0 Å². The standard InChI is InChI=1S/C24H19IN4O4.C2HF3O2/c1-28(23(31)32)22-26-19-10-9-15(12-20(19)27-22)24(33)18-8-3-2-7-17(18)21(30)29(24)13-14-5-4-6-16(25)11-14;3-2(4,5)1(6)7/h2-12,33H,13H2,1H3,(H,26,27)(H,31,32);(H,6,7). The molecule has 2 amide bonds. The van der Waals surface area contributed by atoms with E-state index in [2.05, 4.69) is 32.6 Å². The number of nitrogens with one attached hydrogen (secondary N) is 1. The molecule has 4 aromatic rings. The third-order valence-electron chi connectivity index (χ3n) is 6.12. The predicted octanol–water partition coefficient (Wildman–Crippen LogP) is 4.76. The maximum atomic E-state index is 13.4. The van der Waals surface area contributed by atoms with E-state index in [-0.39, 0.29) is 18.4 Å². The minimum absolute atomic E-state index is 0.167. The zero-order valence-electron chi connectivity index (χ0n) is 20.5. The van der Waals surface area contributed by atoms with Crippen molar-refractivity contribution >= 4 is 57.5 Å². The van der Waals surface area contributed by atoms with Crippen LogP contribution in [0.4, 0.5) is 23.9 Å². The number of anilines is 1. The van der Waals surface area contributed by atoms with Crippen LogP contribution < -0.4 is 4.90 Å². The van der Waals surface area contributed by atoms with Crippen LogP contribution in [0.2, 0.25) is 0 Å². The summed E-state index contributed by atoms with van der Waals surface area (Å²) >= 11 is 2.22.